The van der Waals surface area contributed by atoms with Crippen molar-refractivity contribution in [1.29, 1.82) is 5.26 Å². The van der Waals surface area contributed by atoms with Gasteiger partial charge < -0.3 is 0 Å². The van der Waals surface area contributed by atoms with E-state index in [1.54, 1.807) is 11.1 Å². The zero-order valence-electron chi connectivity index (χ0n) is 19.7. The molecule has 2 aliphatic carbocycles. The van der Waals surface area contributed by atoms with Gasteiger partial charge in [0.15, 0.2) is 6.20 Å². The standard InChI is InChI=1S/C30H35N2/c1-21-28(24-11-7-4-8-12-24)18-26(23-9-5-3-6-10-23)19-29(21)30-27-14-13-22(20-31)17-25(27)15-16-32(30)2/h13-19,23-24H,3-12H2,1-2H3/q+1. The molecule has 0 aliphatic heterocycles. The molecule has 0 atom stereocenters. The van der Waals surface area contributed by atoms with Crippen molar-refractivity contribution in [2.24, 2.45) is 7.05 Å². The van der Waals surface area contributed by atoms with Gasteiger partial charge >= 0.3 is 0 Å². The number of fused-ring (bicyclic) bond motifs is 1. The fourth-order valence-electron chi connectivity index (χ4n) is 6.29. The Hall–Kier alpha value is -2.66. The number of rotatable bonds is 3. The third-order valence-corrected chi connectivity index (χ3v) is 8.11. The molecule has 2 fully saturated rings. The maximum absolute atomic E-state index is 9.39. The maximum Gasteiger partial charge on any atom is 0.220 e. The first-order chi connectivity index (χ1) is 15.7. The summed E-state index contributed by atoms with van der Waals surface area (Å²) in [7, 11) is 2.17. The number of nitriles is 1. The SMILES string of the molecule is Cc1c(-c2c3ccc(C#N)cc3cc[n+]2C)cc(C2CCCCC2)cc1C1CCCCC1. The van der Waals surface area contributed by atoms with Crippen LogP contribution in [0, 0.1) is 18.3 Å². The van der Waals surface area contributed by atoms with Crippen LogP contribution in [0.2, 0.25) is 0 Å². The zero-order valence-corrected chi connectivity index (χ0v) is 19.7. The Morgan fingerprint density at radius 2 is 1.53 bits per heavy atom. The summed E-state index contributed by atoms with van der Waals surface area (Å²) in [6.45, 7) is 2.35. The van der Waals surface area contributed by atoms with Crippen molar-refractivity contribution in [3.63, 3.8) is 0 Å². The van der Waals surface area contributed by atoms with E-state index in [-0.39, 0.29) is 0 Å². The summed E-state index contributed by atoms with van der Waals surface area (Å²) in [4.78, 5) is 0. The Bertz CT molecular complexity index is 1170. The minimum atomic E-state index is 0.705. The summed E-state index contributed by atoms with van der Waals surface area (Å²) in [6, 6.07) is 15.7. The van der Waals surface area contributed by atoms with E-state index in [0.29, 0.717) is 11.8 Å². The van der Waals surface area contributed by atoms with Crippen LogP contribution in [-0.4, -0.2) is 0 Å². The summed E-state index contributed by atoms with van der Waals surface area (Å²) in [5.74, 6) is 1.41. The number of nitrogens with zero attached hydrogens (tertiary/aromatic N) is 2. The van der Waals surface area contributed by atoms with Gasteiger partial charge in [-0.1, -0.05) is 44.6 Å². The molecule has 2 aromatic carbocycles. The molecule has 0 N–H and O–H groups in total. The largest absolute Gasteiger partial charge is 0.220 e. The van der Waals surface area contributed by atoms with Crippen molar-refractivity contribution in [2.45, 2.75) is 83.0 Å². The number of hydrogen-bond acceptors (Lipinski definition) is 1. The number of pyridine rings is 1. The summed E-state index contributed by atoms with van der Waals surface area (Å²) >= 11 is 0. The quantitative estimate of drug-likeness (QED) is 0.398. The molecule has 1 heterocycles. The van der Waals surface area contributed by atoms with Gasteiger partial charge in [-0.2, -0.15) is 5.26 Å². The van der Waals surface area contributed by atoms with Crippen molar-refractivity contribution < 1.29 is 4.57 Å². The first-order valence-corrected chi connectivity index (χ1v) is 12.6. The lowest BCUT2D eigenvalue weighted by atomic mass is 9.76. The highest BCUT2D eigenvalue weighted by molar-refractivity contribution is 5.94. The van der Waals surface area contributed by atoms with Gasteiger partial charge in [0.1, 0.15) is 7.05 Å². The molecule has 0 saturated heterocycles. The first kappa shape index (κ1) is 21.2. The molecule has 5 rings (SSSR count). The van der Waals surface area contributed by atoms with Crippen LogP contribution in [0.1, 0.15) is 98.3 Å². The highest BCUT2D eigenvalue weighted by Crippen LogP contribution is 2.42. The topological polar surface area (TPSA) is 27.7 Å². The van der Waals surface area contributed by atoms with Gasteiger partial charge in [0.05, 0.1) is 22.6 Å². The monoisotopic (exact) mass is 423 g/mol. The maximum atomic E-state index is 9.39. The van der Waals surface area contributed by atoms with E-state index in [1.165, 1.54) is 86.4 Å². The van der Waals surface area contributed by atoms with E-state index >= 15 is 0 Å². The first-order valence-electron chi connectivity index (χ1n) is 12.6. The minimum absolute atomic E-state index is 0.705. The van der Waals surface area contributed by atoms with Crippen LogP contribution in [0.3, 0.4) is 0 Å². The molecule has 2 nitrogen and oxygen atoms in total. The van der Waals surface area contributed by atoms with Crippen LogP contribution in [-0.2, 0) is 7.05 Å². The summed E-state index contributed by atoms with van der Waals surface area (Å²) < 4.78 is 2.28. The third-order valence-electron chi connectivity index (χ3n) is 8.11. The molecule has 3 aromatic rings. The van der Waals surface area contributed by atoms with E-state index < -0.39 is 0 Å². The van der Waals surface area contributed by atoms with E-state index in [4.69, 9.17) is 0 Å². The second-order valence-electron chi connectivity index (χ2n) is 10.1. The molecule has 0 radical (unpaired) electrons. The van der Waals surface area contributed by atoms with E-state index in [9.17, 15) is 5.26 Å². The molecule has 0 unspecified atom stereocenters. The molecular weight excluding hydrogens is 388 g/mol. The molecule has 2 aliphatic rings. The van der Waals surface area contributed by atoms with Crippen molar-refractivity contribution in [3.8, 4) is 17.3 Å². The number of hydrogen-bond donors (Lipinski definition) is 0. The van der Waals surface area contributed by atoms with E-state index in [2.05, 4.69) is 55.1 Å². The fraction of sp³-hybridized carbons (Fsp3) is 0.467. The summed E-state index contributed by atoms with van der Waals surface area (Å²) in [5, 5.41) is 11.8. The zero-order chi connectivity index (χ0) is 22.1. The Morgan fingerprint density at radius 3 is 2.22 bits per heavy atom. The lowest BCUT2D eigenvalue weighted by molar-refractivity contribution is -0.659. The Balaban J connectivity index is 1.72. The van der Waals surface area contributed by atoms with Gasteiger partial charge in [0.25, 0.3) is 0 Å². The second-order valence-corrected chi connectivity index (χ2v) is 10.1. The Labute approximate surface area is 192 Å². The van der Waals surface area contributed by atoms with Crippen LogP contribution < -0.4 is 4.57 Å². The van der Waals surface area contributed by atoms with Crippen molar-refractivity contribution >= 4 is 10.8 Å². The smallest absolute Gasteiger partial charge is 0.200 e. The second kappa shape index (κ2) is 9.07. The lowest BCUT2D eigenvalue weighted by Gasteiger charge is -2.28. The highest BCUT2D eigenvalue weighted by atomic mass is 14.9. The van der Waals surface area contributed by atoms with Crippen LogP contribution in [0.5, 0.6) is 0 Å². The summed E-state index contributed by atoms with van der Waals surface area (Å²) in [6.07, 6.45) is 15.7. The van der Waals surface area contributed by atoms with Crippen LogP contribution in [0.25, 0.3) is 22.0 Å². The molecule has 0 bridgehead atoms. The fourth-order valence-corrected chi connectivity index (χ4v) is 6.29. The van der Waals surface area contributed by atoms with Crippen LogP contribution >= 0.6 is 0 Å². The van der Waals surface area contributed by atoms with Gasteiger partial charge in [0.2, 0.25) is 5.69 Å². The molecule has 0 spiro atoms. The molecule has 2 saturated carbocycles. The number of aryl methyl sites for hydroxylation is 1. The molecular formula is C30H35N2+. The average Bonchev–Trinajstić information content (AvgIpc) is 2.85. The molecule has 0 amide bonds. The van der Waals surface area contributed by atoms with E-state index in [1.807, 2.05) is 12.1 Å². The molecule has 32 heavy (non-hydrogen) atoms. The molecule has 2 heteroatoms. The van der Waals surface area contributed by atoms with Gasteiger partial charge in [-0.15, -0.1) is 0 Å². The predicted molar refractivity (Wildman–Crippen MR) is 132 cm³/mol. The normalized spacial score (nSPS) is 18.0. The Kier molecular flexibility index (Phi) is 6.01. The highest BCUT2D eigenvalue weighted by Gasteiger charge is 2.26. The van der Waals surface area contributed by atoms with Gasteiger partial charge in [-0.25, -0.2) is 4.57 Å². The average molecular weight is 424 g/mol. The predicted octanol–water partition coefficient (Wildman–Crippen LogP) is 7.61. The van der Waals surface area contributed by atoms with Gasteiger partial charge in [0, 0.05) is 6.07 Å². The third kappa shape index (κ3) is 3.95. The lowest BCUT2D eigenvalue weighted by Crippen LogP contribution is -2.31. The minimum Gasteiger partial charge on any atom is -0.200 e. The van der Waals surface area contributed by atoms with Crippen LogP contribution in [0.4, 0.5) is 0 Å². The van der Waals surface area contributed by atoms with Crippen molar-refractivity contribution in [2.75, 3.05) is 0 Å². The van der Waals surface area contributed by atoms with Crippen molar-refractivity contribution in [3.05, 3.63) is 64.8 Å². The number of aromatic nitrogens is 1. The van der Waals surface area contributed by atoms with Gasteiger partial charge in [-0.05, 0) is 90.8 Å². The van der Waals surface area contributed by atoms with Gasteiger partial charge in [-0.3, -0.25) is 0 Å². The molecule has 164 valence electrons. The number of benzene rings is 2. The van der Waals surface area contributed by atoms with Crippen LogP contribution in [0.15, 0.2) is 42.6 Å². The summed E-state index contributed by atoms with van der Waals surface area (Å²) in [5.41, 5.74) is 8.05. The van der Waals surface area contributed by atoms with Crippen molar-refractivity contribution in [1.82, 2.24) is 0 Å². The molecule has 1 aromatic heterocycles. The van der Waals surface area contributed by atoms with E-state index in [0.717, 1.165) is 10.9 Å². The Morgan fingerprint density at radius 1 is 0.844 bits per heavy atom.